The molecule has 0 saturated heterocycles. The van der Waals surface area contributed by atoms with E-state index in [4.69, 9.17) is 4.74 Å². The van der Waals surface area contributed by atoms with Crippen LogP contribution in [-0.4, -0.2) is 35.5 Å². The van der Waals surface area contributed by atoms with Gasteiger partial charge < -0.3 is 20.7 Å². The molecule has 3 amide bonds. The second-order valence-electron chi connectivity index (χ2n) is 14.0. The van der Waals surface area contributed by atoms with E-state index < -0.39 is 23.0 Å². The van der Waals surface area contributed by atoms with Crippen molar-refractivity contribution in [3.05, 3.63) is 117 Å². The molecule has 1 aliphatic rings. The molecule has 4 aromatic rings. The van der Waals surface area contributed by atoms with E-state index in [0.29, 0.717) is 34.2 Å². The summed E-state index contributed by atoms with van der Waals surface area (Å²) in [6, 6.07) is 23.6. The molecule has 10 heteroatoms. The van der Waals surface area contributed by atoms with E-state index in [9.17, 15) is 19.2 Å². The Balaban J connectivity index is 1.32. The van der Waals surface area contributed by atoms with Crippen molar-refractivity contribution < 1.29 is 23.9 Å². The van der Waals surface area contributed by atoms with Gasteiger partial charge in [-0.25, -0.2) is 4.79 Å². The number of nitrogens with one attached hydrogen (secondary N) is 3. The molecule has 0 fully saturated rings. The van der Waals surface area contributed by atoms with Gasteiger partial charge in [0.25, 0.3) is 11.8 Å². The zero-order chi connectivity index (χ0) is 37.4. The van der Waals surface area contributed by atoms with E-state index in [1.165, 1.54) is 23.1 Å². The number of thiophene rings is 1. The first-order valence-electron chi connectivity index (χ1n) is 17.7. The van der Waals surface area contributed by atoms with E-state index in [1.807, 2.05) is 62.4 Å². The number of fused-ring (bicyclic) bond motifs is 1. The first-order chi connectivity index (χ1) is 24.9. The normalized spacial score (nSPS) is 14.9. The first-order valence-corrected chi connectivity index (χ1v) is 19.4. The van der Waals surface area contributed by atoms with Gasteiger partial charge >= 0.3 is 5.97 Å². The fourth-order valence-corrected chi connectivity index (χ4v) is 8.46. The lowest BCUT2D eigenvalue weighted by atomic mass is 9.72. The third-order valence-electron chi connectivity index (χ3n) is 9.16. The minimum absolute atomic E-state index is 0.0893. The van der Waals surface area contributed by atoms with Crippen molar-refractivity contribution in [2.45, 2.75) is 77.4 Å². The lowest BCUT2D eigenvalue weighted by molar-refractivity contribution is -0.116. The maximum absolute atomic E-state index is 13.8. The Labute approximate surface area is 314 Å². The van der Waals surface area contributed by atoms with E-state index >= 15 is 0 Å². The molecule has 2 atom stereocenters. The number of hydrogen-bond donors (Lipinski definition) is 3. The van der Waals surface area contributed by atoms with Crippen LogP contribution in [-0.2, 0) is 27.2 Å². The zero-order valence-electron chi connectivity index (χ0n) is 30.6. The Morgan fingerprint density at radius 1 is 0.962 bits per heavy atom. The number of rotatable bonds is 12. The lowest BCUT2D eigenvalue weighted by Crippen LogP contribution is -2.30. The Bertz CT molecular complexity index is 1940. The molecule has 1 aromatic heterocycles. The fourth-order valence-electron chi connectivity index (χ4n) is 6.13. The molecule has 5 rings (SSSR count). The Morgan fingerprint density at radius 3 is 2.37 bits per heavy atom. The van der Waals surface area contributed by atoms with Gasteiger partial charge in [0.1, 0.15) is 10.7 Å². The standard InChI is InChI=1S/C42H47N3O5S2/c1-7-34(39(48)45-40-36(41(49)50-8-2)32-22-21-29(42(4,5)6)24-35(32)52-40)51-31-16-12-15-30(25-31)43-38(47)33(23-27-19-17-26(3)18-20-27)44-37(46)28-13-10-9-11-14-28/h9-20,23,25,29,34H,7-8,21-22,24H2,1-6H3,(H,43,47)(H,44,46)(H,45,48)/b33-23+. The third-order valence-corrected chi connectivity index (χ3v) is 11.7. The largest absolute Gasteiger partial charge is 0.462 e. The quantitative estimate of drug-likeness (QED) is 0.0759. The van der Waals surface area contributed by atoms with Crippen molar-refractivity contribution in [3.63, 3.8) is 0 Å². The molecular formula is C42H47N3O5S2. The van der Waals surface area contributed by atoms with Gasteiger partial charge in [0.15, 0.2) is 0 Å². The van der Waals surface area contributed by atoms with Crippen molar-refractivity contribution in [1.29, 1.82) is 0 Å². The molecular weight excluding hydrogens is 691 g/mol. The monoisotopic (exact) mass is 737 g/mol. The molecule has 52 heavy (non-hydrogen) atoms. The Hall–Kier alpha value is -4.67. The van der Waals surface area contributed by atoms with Crippen molar-refractivity contribution in [3.8, 4) is 0 Å². The lowest BCUT2D eigenvalue weighted by Gasteiger charge is -2.33. The molecule has 3 aromatic carbocycles. The summed E-state index contributed by atoms with van der Waals surface area (Å²) in [6.45, 7) is 12.7. The van der Waals surface area contributed by atoms with Crippen LogP contribution in [0.3, 0.4) is 0 Å². The molecule has 8 nitrogen and oxygen atoms in total. The van der Waals surface area contributed by atoms with Gasteiger partial charge in [0.05, 0.1) is 17.4 Å². The van der Waals surface area contributed by atoms with Crippen molar-refractivity contribution >= 4 is 63.6 Å². The predicted octanol–water partition coefficient (Wildman–Crippen LogP) is 9.30. The SMILES string of the molecule is CCOC(=O)c1c(NC(=O)C(CC)Sc2cccc(NC(=O)/C(=C\c3ccc(C)cc3)NC(=O)c3ccccc3)c2)sc2c1CCC(C(C)(C)C)C2. The molecule has 272 valence electrons. The van der Waals surface area contributed by atoms with Crippen LogP contribution in [0.25, 0.3) is 6.08 Å². The fraction of sp³-hybridized carbons (Fsp3) is 0.333. The molecule has 0 radical (unpaired) electrons. The van der Waals surface area contributed by atoms with Gasteiger partial charge in [-0.3, -0.25) is 14.4 Å². The van der Waals surface area contributed by atoms with Crippen molar-refractivity contribution in [2.75, 3.05) is 17.2 Å². The van der Waals surface area contributed by atoms with Gasteiger partial charge in [0.2, 0.25) is 5.91 Å². The second-order valence-corrected chi connectivity index (χ2v) is 16.4. The maximum Gasteiger partial charge on any atom is 0.341 e. The van der Waals surface area contributed by atoms with Crippen LogP contribution in [0.1, 0.15) is 89.7 Å². The summed E-state index contributed by atoms with van der Waals surface area (Å²) in [5.41, 5.74) is 4.50. The zero-order valence-corrected chi connectivity index (χ0v) is 32.3. The number of ether oxygens (including phenoxy) is 1. The highest BCUT2D eigenvalue weighted by atomic mass is 32.2. The summed E-state index contributed by atoms with van der Waals surface area (Å²) >= 11 is 2.87. The summed E-state index contributed by atoms with van der Waals surface area (Å²) in [5, 5.41) is 8.87. The topological polar surface area (TPSA) is 114 Å². The average Bonchev–Trinajstić information content (AvgIpc) is 3.48. The highest BCUT2D eigenvalue weighted by Gasteiger charge is 2.35. The summed E-state index contributed by atoms with van der Waals surface area (Å²) in [7, 11) is 0. The number of carbonyl (C=O) groups is 4. The number of carbonyl (C=O) groups excluding carboxylic acids is 4. The number of amides is 3. The molecule has 1 aliphatic carbocycles. The Morgan fingerprint density at radius 2 is 1.69 bits per heavy atom. The second kappa shape index (κ2) is 17.2. The summed E-state index contributed by atoms with van der Waals surface area (Å²) in [5.74, 6) is -1.01. The number of benzene rings is 3. The van der Waals surface area contributed by atoms with Crippen LogP contribution in [0.2, 0.25) is 0 Å². The van der Waals surface area contributed by atoms with Crippen LogP contribution < -0.4 is 16.0 Å². The summed E-state index contributed by atoms with van der Waals surface area (Å²) in [4.78, 5) is 55.6. The summed E-state index contributed by atoms with van der Waals surface area (Å²) < 4.78 is 5.44. The van der Waals surface area contributed by atoms with Crippen molar-refractivity contribution in [1.82, 2.24) is 5.32 Å². The molecule has 0 saturated carbocycles. The highest BCUT2D eigenvalue weighted by molar-refractivity contribution is 8.00. The minimum atomic E-state index is -0.487. The number of aryl methyl sites for hydroxylation is 1. The van der Waals surface area contributed by atoms with Gasteiger partial charge in [-0.05, 0) is 98.4 Å². The average molecular weight is 738 g/mol. The van der Waals surface area contributed by atoms with Crippen LogP contribution in [0.5, 0.6) is 0 Å². The third kappa shape index (κ3) is 9.80. The van der Waals surface area contributed by atoms with Crippen LogP contribution in [0.15, 0.2) is 89.5 Å². The van der Waals surface area contributed by atoms with Crippen LogP contribution in [0.4, 0.5) is 10.7 Å². The van der Waals surface area contributed by atoms with E-state index in [0.717, 1.165) is 45.7 Å². The highest BCUT2D eigenvalue weighted by Crippen LogP contribution is 2.45. The number of esters is 1. The molecule has 2 unspecified atom stereocenters. The smallest absolute Gasteiger partial charge is 0.341 e. The van der Waals surface area contributed by atoms with Gasteiger partial charge in [-0.1, -0.05) is 81.8 Å². The number of thioether (sulfide) groups is 1. The molecule has 0 aliphatic heterocycles. The van der Waals surface area contributed by atoms with Crippen LogP contribution >= 0.6 is 23.1 Å². The van der Waals surface area contributed by atoms with Gasteiger partial charge in [-0.15, -0.1) is 23.1 Å². The van der Waals surface area contributed by atoms with E-state index in [1.54, 1.807) is 43.3 Å². The molecule has 0 bridgehead atoms. The molecule has 3 N–H and O–H groups in total. The van der Waals surface area contributed by atoms with E-state index in [-0.39, 0.29) is 23.6 Å². The Kier molecular flexibility index (Phi) is 12.8. The summed E-state index contributed by atoms with van der Waals surface area (Å²) in [6.07, 6.45) is 4.81. The first kappa shape index (κ1) is 38.6. The molecule has 1 heterocycles. The van der Waals surface area contributed by atoms with E-state index in [2.05, 4.69) is 36.7 Å². The minimum Gasteiger partial charge on any atom is -0.462 e. The van der Waals surface area contributed by atoms with Gasteiger partial charge in [-0.2, -0.15) is 0 Å². The number of anilines is 2. The van der Waals surface area contributed by atoms with Gasteiger partial charge in [0, 0.05) is 21.0 Å². The predicted molar refractivity (Wildman–Crippen MR) is 212 cm³/mol. The number of hydrogen-bond acceptors (Lipinski definition) is 7. The van der Waals surface area contributed by atoms with Crippen molar-refractivity contribution in [2.24, 2.45) is 11.3 Å². The maximum atomic E-state index is 13.8. The van der Waals surface area contributed by atoms with Crippen LogP contribution in [0, 0.1) is 18.3 Å². The molecule has 0 spiro atoms.